The van der Waals surface area contributed by atoms with Crippen molar-refractivity contribution in [2.24, 2.45) is 0 Å². The molecule has 0 fully saturated rings. The molecule has 0 radical (unpaired) electrons. The average molecular weight is 547 g/mol. The quantitative estimate of drug-likeness (QED) is 0.154. The number of rotatable bonds is 4. The average Bonchev–Trinajstić information content (AvgIpc) is 3.37. The van der Waals surface area contributed by atoms with E-state index in [0.717, 1.165) is 13.1 Å². The Balaban J connectivity index is 0.000000349. The first-order chi connectivity index (χ1) is 17.5. The van der Waals surface area contributed by atoms with Crippen LogP contribution in [0.25, 0.3) is 21.5 Å². The molecule has 1 aliphatic heterocycles. The third-order valence-electron chi connectivity index (χ3n) is 6.51. The Morgan fingerprint density at radius 2 is 1.30 bits per heavy atom. The Kier molecular flexibility index (Phi) is 7.99. The van der Waals surface area contributed by atoms with Gasteiger partial charge in [-0.3, -0.25) is 0 Å². The van der Waals surface area contributed by atoms with Crippen molar-refractivity contribution in [1.82, 2.24) is 4.67 Å². The molecule has 0 saturated carbocycles. The van der Waals surface area contributed by atoms with E-state index in [-0.39, 0.29) is 0 Å². The minimum Gasteiger partial charge on any atom is -0.741 e. The van der Waals surface area contributed by atoms with Crippen molar-refractivity contribution < 1.29 is 30.5 Å². The van der Waals surface area contributed by atoms with Gasteiger partial charge in [-0.15, -0.1) is 0 Å². The molecule has 0 aliphatic carbocycles. The Labute approximate surface area is 215 Å². The highest BCUT2D eigenvalue weighted by atomic mass is 32.2. The normalized spacial score (nSPS) is 16.6. The summed E-state index contributed by atoms with van der Waals surface area (Å²) in [4.78, 5) is 0. The molecule has 4 aromatic rings. The van der Waals surface area contributed by atoms with Gasteiger partial charge in [-0.25, -0.2) is 8.42 Å². The van der Waals surface area contributed by atoms with E-state index in [4.69, 9.17) is 13.0 Å². The maximum atomic E-state index is 10.7. The van der Waals surface area contributed by atoms with Crippen molar-refractivity contribution in [1.29, 1.82) is 0 Å². The smallest absolute Gasteiger partial charge is 0.485 e. The van der Waals surface area contributed by atoms with E-state index in [1.807, 2.05) is 0 Å². The number of alkyl halides is 3. The van der Waals surface area contributed by atoms with Crippen LogP contribution in [0.1, 0.15) is 37.1 Å². The van der Waals surface area contributed by atoms with E-state index in [2.05, 4.69) is 108 Å². The van der Waals surface area contributed by atoms with Gasteiger partial charge in [-0.05, 0) is 34.0 Å². The number of nitrogens with zero attached hydrogens (tertiary/aromatic N) is 2. The molecule has 5 nitrogen and oxygen atoms in total. The van der Waals surface area contributed by atoms with Gasteiger partial charge in [-0.1, -0.05) is 84.9 Å². The van der Waals surface area contributed by atoms with Gasteiger partial charge in [0.2, 0.25) is 0 Å². The zero-order valence-corrected chi connectivity index (χ0v) is 22.0. The molecule has 2 atom stereocenters. The number of benzene rings is 4. The number of fused-ring (bicyclic) bond motifs is 2. The maximum absolute atomic E-state index is 10.7. The predicted molar refractivity (Wildman–Crippen MR) is 139 cm³/mol. The Morgan fingerprint density at radius 3 is 1.84 bits per heavy atom. The topological polar surface area (TPSA) is 63.5 Å². The highest BCUT2D eigenvalue weighted by molar-refractivity contribution is 7.86. The van der Waals surface area contributed by atoms with E-state index in [0.29, 0.717) is 12.1 Å². The van der Waals surface area contributed by atoms with E-state index >= 15 is 0 Å². The van der Waals surface area contributed by atoms with Crippen LogP contribution in [0.5, 0.6) is 0 Å². The molecule has 37 heavy (non-hydrogen) atoms. The molecule has 0 N–H and O–H groups in total. The van der Waals surface area contributed by atoms with Gasteiger partial charge in [0.25, 0.3) is 0 Å². The second kappa shape index (κ2) is 10.9. The van der Waals surface area contributed by atoms with Crippen LogP contribution in [0, 0.1) is 0 Å². The predicted octanol–water partition coefficient (Wildman–Crippen LogP) is 7.24. The summed E-state index contributed by atoms with van der Waals surface area (Å²) in [6.07, 6.45) is 0. The van der Waals surface area contributed by atoms with Crippen molar-refractivity contribution >= 4 is 40.2 Å². The first-order valence-corrected chi connectivity index (χ1v) is 13.9. The summed E-state index contributed by atoms with van der Waals surface area (Å²) in [5, 5.41) is 5.40. The van der Waals surface area contributed by atoms with Crippen molar-refractivity contribution in [2.75, 3.05) is 13.1 Å². The molecule has 0 amide bonds. The lowest BCUT2D eigenvalue weighted by Crippen LogP contribution is -2.21. The van der Waals surface area contributed by atoms with Crippen LogP contribution in [-0.2, 0) is 10.1 Å². The summed E-state index contributed by atoms with van der Waals surface area (Å²) < 4.78 is 64.1. The van der Waals surface area contributed by atoms with E-state index in [1.165, 1.54) is 41.2 Å². The SMILES string of the molecule is CC(c1cccc2ccccc12)N1CC[N+](C(C)c2cccc3ccccc23)=P1.O=S(=O)([O-])C(F)(F)F. The molecular weight excluding hydrogens is 520 g/mol. The lowest BCUT2D eigenvalue weighted by molar-refractivity contribution is -0.537. The minimum atomic E-state index is -6.09. The van der Waals surface area contributed by atoms with Crippen molar-refractivity contribution in [3.05, 3.63) is 96.1 Å². The lowest BCUT2D eigenvalue weighted by atomic mass is 9.99. The standard InChI is InChI=1S/C26H26N2P.CHF3O3S/c1-19(23-15-7-11-21-9-3-5-13-25(21)23)27-17-18-28(29-27)20(2)24-16-8-12-22-10-4-6-14-26(22)24;2-1(3,4)8(5,6)7/h3-16,19-20H,17-18H2,1-2H3;(H,5,6,7)/q+1;/p-1. The summed E-state index contributed by atoms with van der Waals surface area (Å²) in [5.74, 6) is 0. The van der Waals surface area contributed by atoms with Gasteiger partial charge in [0.15, 0.2) is 22.7 Å². The fraction of sp³-hybridized carbons (Fsp3) is 0.259. The first-order valence-electron chi connectivity index (χ1n) is 11.7. The summed E-state index contributed by atoms with van der Waals surface area (Å²) in [6, 6.07) is 31.7. The second-order valence-corrected chi connectivity index (χ2v) is 11.4. The Bertz CT molecular complexity index is 1550. The molecule has 10 heteroatoms. The Hall–Kier alpha value is -2.84. The van der Waals surface area contributed by atoms with Crippen LogP contribution in [0.2, 0.25) is 0 Å². The molecule has 194 valence electrons. The highest BCUT2D eigenvalue weighted by Gasteiger charge is 2.37. The van der Waals surface area contributed by atoms with Crippen LogP contribution in [0.15, 0.2) is 84.9 Å². The molecule has 4 aromatic carbocycles. The molecule has 0 aromatic heterocycles. The molecule has 0 saturated heterocycles. The molecule has 0 bridgehead atoms. The number of hydrogen-bond acceptors (Lipinski definition) is 4. The molecule has 5 rings (SSSR count). The molecule has 0 spiro atoms. The summed E-state index contributed by atoms with van der Waals surface area (Å²) in [6.45, 7) is 6.89. The van der Waals surface area contributed by atoms with Gasteiger partial charge in [-0.2, -0.15) is 22.2 Å². The highest BCUT2D eigenvalue weighted by Crippen LogP contribution is 2.37. The van der Waals surface area contributed by atoms with Crippen molar-refractivity contribution in [3.8, 4) is 0 Å². The van der Waals surface area contributed by atoms with Crippen molar-refractivity contribution in [3.63, 3.8) is 0 Å². The number of hydrogen-bond donors (Lipinski definition) is 0. The fourth-order valence-electron chi connectivity index (χ4n) is 4.53. The van der Waals surface area contributed by atoms with Crippen LogP contribution in [-0.4, -0.2) is 40.6 Å². The molecular formula is C27H26F3N2O3PS. The van der Waals surface area contributed by atoms with Gasteiger partial charge in [0.1, 0.15) is 0 Å². The van der Waals surface area contributed by atoms with Gasteiger partial charge < -0.3 is 4.55 Å². The Morgan fingerprint density at radius 1 is 0.838 bits per heavy atom. The van der Waals surface area contributed by atoms with Gasteiger partial charge in [0, 0.05) is 18.5 Å². The molecule has 2 unspecified atom stereocenters. The maximum Gasteiger partial charge on any atom is 0.485 e. The molecule has 1 aliphatic rings. The van der Waals surface area contributed by atoms with E-state index < -0.39 is 15.6 Å². The summed E-state index contributed by atoms with van der Waals surface area (Å²) in [7, 11) is -4.78. The largest absolute Gasteiger partial charge is 0.741 e. The van der Waals surface area contributed by atoms with Gasteiger partial charge >= 0.3 is 14.0 Å². The monoisotopic (exact) mass is 546 g/mol. The lowest BCUT2D eigenvalue weighted by Gasteiger charge is -2.19. The fourth-order valence-corrected chi connectivity index (χ4v) is 5.75. The van der Waals surface area contributed by atoms with Crippen LogP contribution >= 0.6 is 8.52 Å². The van der Waals surface area contributed by atoms with Crippen LogP contribution in [0.3, 0.4) is 0 Å². The van der Waals surface area contributed by atoms with Crippen LogP contribution < -0.4 is 0 Å². The van der Waals surface area contributed by atoms with Crippen molar-refractivity contribution in [2.45, 2.75) is 31.4 Å². The first kappa shape index (κ1) is 27.2. The van der Waals surface area contributed by atoms with Gasteiger partial charge in [0.05, 0.1) is 6.54 Å². The molecule has 1 heterocycles. The minimum absolute atomic E-state index is 0.396. The third-order valence-corrected chi connectivity index (χ3v) is 8.63. The third kappa shape index (κ3) is 6.02. The second-order valence-electron chi connectivity index (χ2n) is 8.80. The van der Waals surface area contributed by atoms with Crippen LogP contribution in [0.4, 0.5) is 13.2 Å². The van der Waals surface area contributed by atoms with E-state index in [9.17, 15) is 13.2 Å². The van der Waals surface area contributed by atoms with E-state index in [1.54, 1.807) is 0 Å². The summed E-state index contributed by atoms with van der Waals surface area (Å²) >= 11 is 0. The number of halogens is 3. The summed E-state index contributed by atoms with van der Waals surface area (Å²) in [5.41, 5.74) is -2.79. The zero-order chi connectivity index (χ0) is 26.8. The zero-order valence-electron chi connectivity index (χ0n) is 20.3.